The van der Waals surface area contributed by atoms with E-state index in [4.69, 9.17) is 0 Å². The monoisotopic (exact) mass is 149 g/mol. The molecule has 1 aliphatic heterocycles. The maximum absolute atomic E-state index is 4.14. The van der Waals surface area contributed by atoms with Gasteiger partial charge in [-0.3, -0.25) is 4.99 Å². The van der Waals surface area contributed by atoms with Crippen LogP contribution in [-0.4, -0.2) is 6.21 Å². The Morgan fingerprint density at radius 3 is 2.73 bits per heavy atom. The molecule has 0 aromatic rings. The molecule has 1 aliphatic rings. The van der Waals surface area contributed by atoms with Crippen molar-refractivity contribution in [1.82, 2.24) is 0 Å². The Labute approximate surface area is 68.5 Å². The lowest BCUT2D eigenvalue weighted by atomic mass is 9.85. The van der Waals surface area contributed by atoms with Gasteiger partial charge in [0.05, 0.1) is 0 Å². The molecule has 1 heterocycles. The van der Waals surface area contributed by atoms with Gasteiger partial charge in [0.25, 0.3) is 0 Å². The Bertz CT molecular complexity index is 214. The van der Waals surface area contributed by atoms with Crippen molar-refractivity contribution < 1.29 is 0 Å². The van der Waals surface area contributed by atoms with E-state index in [0.717, 1.165) is 6.42 Å². The Morgan fingerprint density at radius 2 is 2.09 bits per heavy atom. The average molecular weight is 149 g/mol. The van der Waals surface area contributed by atoms with Gasteiger partial charge < -0.3 is 0 Å². The largest absolute Gasteiger partial charge is 0.265 e. The molecular weight excluding hydrogens is 134 g/mol. The number of hydrogen-bond acceptors (Lipinski definition) is 1. The smallest absolute Gasteiger partial charge is 0.0268 e. The minimum atomic E-state index is 0.256. The fourth-order valence-corrected chi connectivity index (χ4v) is 0.991. The first kappa shape index (κ1) is 8.25. The highest BCUT2D eigenvalue weighted by atomic mass is 14.7. The fourth-order valence-electron chi connectivity index (χ4n) is 0.991. The van der Waals surface area contributed by atoms with E-state index in [0.29, 0.717) is 0 Å². The molecule has 0 saturated carbocycles. The summed E-state index contributed by atoms with van der Waals surface area (Å²) in [6.07, 6.45) is 8.98. The molecule has 1 nitrogen and oxygen atoms in total. The second-order valence-corrected chi connectivity index (χ2v) is 3.83. The molecule has 0 aliphatic carbocycles. The van der Waals surface area contributed by atoms with E-state index in [1.807, 2.05) is 18.5 Å². The highest BCUT2D eigenvalue weighted by Gasteiger charge is 2.15. The molecule has 1 heteroatoms. The summed E-state index contributed by atoms with van der Waals surface area (Å²) >= 11 is 0. The van der Waals surface area contributed by atoms with E-state index in [1.165, 1.54) is 5.57 Å². The zero-order valence-corrected chi connectivity index (χ0v) is 7.46. The van der Waals surface area contributed by atoms with Crippen LogP contribution >= 0.6 is 0 Å². The minimum absolute atomic E-state index is 0.256. The summed E-state index contributed by atoms with van der Waals surface area (Å²) in [5, 5.41) is 0. The van der Waals surface area contributed by atoms with Crippen molar-refractivity contribution in [3.63, 3.8) is 0 Å². The Morgan fingerprint density at radius 1 is 1.36 bits per heavy atom. The van der Waals surface area contributed by atoms with Crippen LogP contribution in [0.1, 0.15) is 27.2 Å². The lowest BCUT2D eigenvalue weighted by Gasteiger charge is -2.20. The van der Waals surface area contributed by atoms with Crippen molar-refractivity contribution in [3.05, 3.63) is 23.9 Å². The zero-order valence-electron chi connectivity index (χ0n) is 7.46. The zero-order chi connectivity index (χ0) is 8.32. The van der Waals surface area contributed by atoms with Crippen molar-refractivity contribution in [2.75, 3.05) is 0 Å². The summed E-state index contributed by atoms with van der Waals surface area (Å²) in [6.45, 7) is 6.65. The molecular formula is C10H15N. The van der Waals surface area contributed by atoms with E-state index in [9.17, 15) is 0 Å². The van der Waals surface area contributed by atoms with E-state index in [1.54, 1.807) is 0 Å². The van der Waals surface area contributed by atoms with E-state index in [-0.39, 0.29) is 5.41 Å². The third-order valence-electron chi connectivity index (χ3n) is 1.84. The van der Waals surface area contributed by atoms with Crippen LogP contribution in [0.5, 0.6) is 0 Å². The quantitative estimate of drug-likeness (QED) is 0.502. The maximum Gasteiger partial charge on any atom is 0.0268 e. The molecule has 0 unspecified atom stereocenters. The molecule has 0 radical (unpaired) electrons. The first-order chi connectivity index (χ1) is 5.11. The molecule has 0 aromatic carbocycles. The number of aliphatic imine (C=N–C) groups is 1. The number of allylic oxidation sites excluding steroid dienone is 3. The van der Waals surface area contributed by atoms with Crippen molar-refractivity contribution in [1.29, 1.82) is 0 Å². The topological polar surface area (TPSA) is 12.4 Å². The lowest BCUT2D eigenvalue weighted by molar-refractivity contribution is 0.493. The van der Waals surface area contributed by atoms with Crippen LogP contribution in [0.15, 0.2) is 28.9 Å². The highest BCUT2D eigenvalue weighted by molar-refractivity contribution is 5.72. The summed E-state index contributed by atoms with van der Waals surface area (Å²) in [5.41, 5.74) is 1.65. The molecule has 0 amide bonds. The Balaban J connectivity index is 2.81. The average Bonchev–Trinajstić information content (AvgIpc) is 2.10. The number of nitrogens with zero attached hydrogens (tertiary/aromatic N) is 1. The van der Waals surface area contributed by atoms with Crippen molar-refractivity contribution in [2.45, 2.75) is 27.2 Å². The van der Waals surface area contributed by atoms with Crippen LogP contribution in [0, 0.1) is 5.41 Å². The van der Waals surface area contributed by atoms with Gasteiger partial charge in [0, 0.05) is 12.4 Å². The molecule has 0 bridgehead atoms. The van der Waals surface area contributed by atoms with Gasteiger partial charge in [-0.25, -0.2) is 0 Å². The van der Waals surface area contributed by atoms with Crippen molar-refractivity contribution >= 4 is 6.21 Å². The van der Waals surface area contributed by atoms with Gasteiger partial charge >= 0.3 is 0 Å². The first-order valence-corrected chi connectivity index (χ1v) is 3.98. The second kappa shape index (κ2) is 3.04. The van der Waals surface area contributed by atoms with E-state index >= 15 is 0 Å². The normalized spacial score (nSPS) is 17.9. The van der Waals surface area contributed by atoms with Crippen molar-refractivity contribution in [2.24, 2.45) is 10.4 Å². The molecule has 0 fully saturated rings. The predicted molar refractivity (Wildman–Crippen MR) is 49.8 cm³/mol. The Kier molecular flexibility index (Phi) is 2.28. The molecule has 60 valence electrons. The third-order valence-corrected chi connectivity index (χ3v) is 1.84. The lowest BCUT2D eigenvalue weighted by Crippen LogP contribution is -2.08. The third kappa shape index (κ3) is 2.34. The molecule has 0 aromatic heterocycles. The molecule has 0 N–H and O–H groups in total. The minimum Gasteiger partial charge on any atom is -0.265 e. The van der Waals surface area contributed by atoms with Crippen LogP contribution in [0.3, 0.4) is 0 Å². The van der Waals surface area contributed by atoms with Crippen molar-refractivity contribution in [3.8, 4) is 0 Å². The van der Waals surface area contributed by atoms with Gasteiger partial charge in [0.15, 0.2) is 0 Å². The van der Waals surface area contributed by atoms with Gasteiger partial charge in [-0.1, -0.05) is 26.8 Å². The number of rotatable bonds is 0. The van der Waals surface area contributed by atoms with E-state index < -0.39 is 0 Å². The number of hydrogen-bond donors (Lipinski definition) is 0. The molecule has 0 saturated heterocycles. The van der Waals surface area contributed by atoms with Gasteiger partial charge in [0.2, 0.25) is 0 Å². The van der Waals surface area contributed by atoms with Crippen LogP contribution in [0.25, 0.3) is 0 Å². The van der Waals surface area contributed by atoms with Crippen LogP contribution < -0.4 is 0 Å². The molecule has 0 atom stereocenters. The van der Waals surface area contributed by atoms with E-state index in [2.05, 4.69) is 31.8 Å². The summed E-state index contributed by atoms with van der Waals surface area (Å²) in [7, 11) is 0. The molecule has 11 heavy (non-hydrogen) atoms. The maximum atomic E-state index is 4.14. The summed E-state index contributed by atoms with van der Waals surface area (Å²) in [4.78, 5) is 4.14. The van der Waals surface area contributed by atoms with Crippen LogP contribution in [-0.2, 0) is 0 Å². The predicted octanol–water partition coefficient (Wildman–Crippen LogP) is 2.95. The fraction of sp³-hybridized carbons (Fsp3) is 0.500. The second-order valence-electron chi connectivity index (χ2n) is 3.83. The van der Waals surface area contributed by atoms with Crippen LogP contribution in [0.2, 0.25) is 0 Å². The first-order valence-electron chi connectivity index (χ1n) is 3.98. The van der Waals surface area contributed by atoms with Crippen LogP contribution in [0.4, 0.5) is 0 Å². The standard InChI is InChI=1S/C10H15N/c1-10(2,3)9-6-4-5-7-11-8-9/h4-5,7-8H,6H2,1-3H3. The van der Waals surface area contributed by atoms with Gasteiger partial charge in [-0.15, -0.1) is 0 Å². The van der Waals surface area contributed by atoms with Gasteiger partial charge in [-0.05, 0) is 23.5 Å². The SMILES string of the molecule is CC(C)(C)C1=CN=CC=CC1. The summed E-state index contributed by atoms with van der Waals surface area (Å²) < 4.78 is 0. The highest BCUT2D eigenvalue weighted by Crippen LogP contribution is 2.28. The van der Waals surface area contributed by atoms with Gasteiger partial charge in [0.1, 0.15) is 0 Å². The summed E-state index contributed by atoms with van der Waals surface area (Å²) in [6, 6.07) is 0. The molecule has 1 rings (SSSR count). The van der Waals surface area contributed by atoms with Gasteiger partial charge in [-0.2, -0.15) is 0 Å². The molecule has 0 spiro atoms. The Hall–Kier alpha value is -0.850. The summed E-state index contributed by atoms with van der Waals surface area (Å²) in [5.74, 6) is 0.